The van der Waals surface area contributed by atoms with Crippen LogP contribution in [0.3, 0.4) is 0 Å². The lowest BCUT2D eigenvalue weighted by Crippen LogP contribution is -2.38. The fraction of sp³-hybridized carbons (Fsp3) is 0.529. The maximum Gasteiger partial charge on any atom is 0.228 e. The van der Waals surface area contributed by atoms with Crippen molar-refractivity contribution in [3.8, 4) is 0 Å². The number of anilines is 1. The monoisotopic (exact) mass is 384 g/mol. The van der Waals surface area contributed by atoms with Gasteiger partial charge in [0.05, 0.1) is 13.2 Å². The molecule has 5 nitrogen and oxygen atoms in total. The van der Waals surface area contributed by atoms with Crippen LogP contribution < -0.4 is 4.90 Å². The lowest BCUT2D eigenvalue weighted by molar-refractivity contribution is 0.121. The SMILES string of the molecule is CC(C)Cn1c(SCc2ccc(F)cc2Cl)nnc1N1CCOCC1. The Morgan fingerprint density at radius 1 is 1.28 bits per heavy atom. The number of nitrogens with zero attached hydrogens (tertiary/aromatic N) is 4. The van der Waals surface area contributed by atoms with E-state index >= 15 is 0 Å². The van der Waals surface area contributed by atoms with Gasteiger partial charge in [0.2, 0.25) is 5.95 Å². The van der Waals surface area contributed by atoms with Gasteiger partial charge in [-0.2, -0.15) is 0 Å². The summed E-state index contributed by atoms with van der Waals surface area (Å²) in [4.78, 5) is 2.22. The predicted octanol–water partition coefficient (Wildman–Crippen LogP) is 3.86. The molecular formula is C17H22ClFN4OS. The molecule has 8 heteroatoms. The van der Waals surface area contributed by atoms with Crippen LogP contribution in [0.5, 0.6) is 0 Å². The normalized spacial score (nSPS) is 15.2. The minimum absolute atomic E-state index is 0.323. The first-order valence-electron chi connectivity index (χ1n) is 8.37. The highest BCUT2D eigenvalue weighted by molar-refractivity contribution is 7.98. The molecular weight excluding hydrogens is 363 g/mol. The maximum absolute atomic E-state index is 13.2. The first kappa shape index (κ1) is 18.5. The van der Waals surface area contributed by atoms with Crippen molar-refractivity contribution in [2.75, 3.05) is 31.2 Å². The molecule has 1 aromatic carbocycles. The molecule has 2 heterocycles. The quantitative estimate of drug-likeness (QED) is 0.707. The zero-order valence-electron chi connectivity index (χ0n) is 14.4. The van der Waals surface area contributed by atoms with Crippen molar-refractivity contribution in [2.45, 2.75) is 31.3 Å². The van der Waals surface area contributed by atoms with E-state index in [1.165, 1.54) is 12.1 Å². The molecule has 0 amide bonds. The Balaban J connectivity index is 1.78. The molecule has 1 aromatic heterocycles. The molecule has 0 saturated carbocycles. The summed E-state index contributed by atoms with van der Waals surface area (Å²) in [5.74, 6) is 1.67. The summed E-state index contributed by atoms with van der Waals surface area (Å²) >= 11 is 7.70. The van der Waals surface area contributed by atoms with E-state index in [9.17, 15) is 4.39 Å². The smallest absolute Gasteiger partial charge is 0.228 e. The van der Waals surface area contributed by atoms with Crippen molar-refractivity contribution in [3.63, 3.8) is 0 Å². The number of benzene rings is 1. The molecule has 1 aliphatic rings. The van der Waals surface area contributed by atoms with E-state index in [0.29, 0.717) is 29.9 Å². The molecule has 2 aromatic rings. The minimum atomic E-state index is -0.323. The van der Waals surface area contributed by atoms with E-state index in [4.69, 9.17) is 16.3 Å². The van der Waals surface area contributed by atoms with Crippen molar-refractivity contribution in [1.82, 2.24) is 14.8 Å². The molecule has 0 spiro atoms. The summed E-state index contributed by atoms with van der Waals surface area (Å²) in [7, 11) is 0. The average molecular weight is 385 g/mol. The van der Waals surface area contributed by atoms with Gasteiger partial charge >= 0.3 is 0 Å². The molecule has 1 aliphatic heterocycles. The second kappa shape index (κ2) is 8.38. The first-order valence-corrected chi connectivity index (χ1v) is 9.73. The number of ether oxygens (including phenoxy) is 1. The molecule has 1 fully saturated rings. The second-order valence-corrected chi connectivity index (χ2v) is 7.76. The fourth-order valence-corrected chi connectivity index (χ4v) is 3.95. The molecule has 0 bridgehead atoms. The molecule has 0 N–H and O–H groups in total. The van der Waals surface area contributed by atoms with Gasteiger partial charge in [0.1, 0.15) is 5.82 Å². The Kier molecular flexibility index (Phi) is 6.19. The second-order valence-electron chi connectivity index (χ2n) is 6.41. The van der Waals surface area contributed by atoms with Crippen LogP contribution in [-0.4, -0.2) is 41.1 Å². The summed E-state index contributed by atoms with van der Waals surface area (Å²) in [6, 6.07) is 4.49. The molecule has 3 rings (SSSR count). The molecule has 0 aliphatic carbocycles. The van der Waals surface area contributed by atoms with Gasteiger partial charge in [-0.1, -0.05) is 43.3 Å². The summed E-state index contributed by atoms with van der Waals surface area (Å²) < 4.78 is 20.8. The Bertz CT molecular complexity index is 719. The number of hydrogen-bond donors (Lipinski definition) is 0. The van der Waals surface area contributed by atoms with Crippen LogP contribution in [0.25, 0.3) is 0 Å². The highest BCUT2D eigenvalue weighted by Crippen LogP contribution is 2.29. The third-order valence-electron chi connectivity index (χ3n) is 3.91. The minimum Gasteiger partial charge on any atom is -0.378 e. The number of aromatic nitrogens is 3. The van der Waals surface area contributed by atoms with E-state index in [2.05, 4.69) is 33.5 Å². The molecule has 0 radical (unpaired) electrons. The van der Waals surface area contributed by atoms with Crippen LogP contribution >= 0.6 is 23.4 Å². The fourth-order valence-electron chi connectivity index (χ4n) is 2.69. The number of morpholine rings is 1. The zero-order valence-corrected chi connectivity index (χ0v) is 16.0. The van der Waals surface area contributed by atoms with Gasteiger partial charge in [-0.15, -0.1) is 10.2 Å². The first-order chi connectivity index (χ1) is 12.0. The number of thioether (sulfide) groups is 1. The Hall–Kier alpha value is -1.31. The van der Waals surface area contributed by atoms with E-state index in [0.717, 1.165) is 36.3 Å². The van der Waals surface area contributed by atoms with Gasteiger partial charge in [0.15, 0.2) is 5.16 Å². The average Bonchev–Trinajstić information content (AvgIpc) is 2.97. The third kappa shape index (κ3) is 4.65. The van der Waals surface area contributed by atoms with Crippen molar-refractivity contribution in [3.05, 3.63) is 34.6 Å². The van der Waals surface area contributed by atoms with Crippen molar-refractivity contribution in [1.29, 1.82) is 0 Å². The van der Waals surface area contributed by atoms with Gasteiger partial charge in [0, 0.05) is 30.4 Å². The van der Waals surface area contributed by atoms with E-state index < -0.39 is 0 Å². The Labute approximate surface area is 156 Å². The molecule has 136 valence electrons. The largest absolute Gasteiger partial charge is 0.378 e. The van der Waals surface area contributed by atoms with Crippen LogP contribution in [0, 0.1) is 11.7 Å². The highest BCUT2D eigenvalue weighted by Gasteiger charge is 2.21. The summed E-state index contributed by atoms with van der Waals surface area (Å²) in [6.07, 6.45) is 0. The van der Waals surface area contributed by atoms with Crippen LogP contribution in [0.15, 0.2) is 23.4 Å². The number of hydrogen-bond acceptors (Lipinski definition) is 5. The number of rotatable bonds is 6. The molecule has 0 unspecified atom stereocenters. The van der Waals surface area contributed by atoms with E-state index in [-0.39, 0.29) is 5.82 Å². The third-order valence-corrected chi connectivity index (χ3v) is 5.28. The van der Waals surface area contributed by atoms with Crippen molar-refractivity contribution >= 4 is 29.3 Å². The Morgan fingerprint density at radius 2 is 2.04 bits per heavy atom. The van der Waals surface area contributed by atoms with E-state index in [1.807, 2.05) is 0 Å². The van der Waals surface area contributed by atoms with Crippen molar-refractivity contribution < 1.29 is 9.13 Å². The van der Waals surface area contributed by atoms with E-state index in [1.54, 1.807) is 17.8 Å². The topological polar surface area (TPSA) is 43.2 Å². The highest BCUT2D eigenvalue weighted by atomic mass is 35.5. The van der Waals surface area contributed by atoms with Gasteiger partial charge < -0.3 is 9.64 Å². The van der Waals surface area contributed by atoms with Crippen LogP contribution in [0.4, 0.5) is 10.3 Å². The van der Waals surface area contributed by atoms with Crippen molar-refractivity contribution in [2.24, 2.45) is 5.92 Å². The summed E-state index contributed by atoms with van der Waals surface area (Å²) in [5, 5.41) is 10.1. The zero-order chi connectivity index (χ0) is 17.8. The summed E-state index contributed by atoms with van der Waals surface area (Å²) in [5.41, 5.74) is 0.889. The van der Waals surface area contributed by atoms with Crippen LogP contribution in [-0.2, 0) is 17.0 Å². The van der Waals surface area contributed by atoms with Gasteiger partial charge in [-0.05, 0) is 23.6 Å². The summed E-state index contributed by atoms with van der Waals surface area (Å²) in [6.45, 7) is 8.27. The molecule has 1 saturated heterocycles. The van der Waals surface area contributed by atoms with Gasteiger partial charge in [-0.3, -0.25) is 4.57 Å². The molecule has 25 heavy (non-hydrogen) atoms. The lowest BCUT2D eigenvalue weighted by atomic mass is 10.2. The van der Waals surface area contributed by atoms with Gasteiger partial charge in [-0.25, -0.2) is 4.39 Å². The van der Waals surface area contributed by atoms with Crippen LogP contribution in [0.2, 0.25) is 5.02 Å². The lowest BCUT2D eigenvalue weighted by Gasteiger charge is -2.28. The van der Waals surface area contributed by atoms with Gasteiger partial charge in [0.25, 0.3) is 0 Å². The maximum atomic E-state index is 13.2. The Morgan fingerprint density at radius 3 is 2.72 bits per heavy atom. The number of halogens is 2. The molecule has 0 atom stereocenters. The predicted molar refractivity (Wildman–Crippen MR) is 98.9 cm³/mol. The standard InChI is InChI=1S/C17H22ClFN4OS/c1-12(2)10-23-16(22-5-7-24-8-6-22)20-21-17(23)25-11-13-3-4-14(19)9-15(13)18/h3-4,9,12H,5-8,10-11H2,1-2H3. The van der Waals surface area contributed by atoms with Crippen LogP contribution in [0.1, 0.15) is 19.4 Å².